The number of rotatable bonds is 4. The van der Waals surface area contributed by atoms with E-state index in [1.165, 1.54) is 6.92 Å². The smallest absolute Gasteiger partial charge is 0.318 e. The number of carboxylic acids is 1. The lowest BCUT2D eigenvalue weighted by molar-refractivity contribution is -0.154. The number of primary amides is 1. The molecule has 1 unspecified atom stereocenters. The topological polar surface area (TPSA) is 80.4 Å². The Labute approximate surface area is 71.8 Å². The number of carbonyl (C=O) groups excluding carboxylic acids is 1. The predicted molar refractivity (Wildman–Crippen MR) is 44.4 cm³/mol. The maximum absolute atomic E-state index is 10.8. The van der Waals surface area contributed by atoms with Gasteiger partial charge in [0.05, 0.1) is 0 Å². The number of carboxylic acid groups (broad SMARTS) is 1. The van der Waals surface area contributed by atoms with Gasteiger partial charge in [-0.25, -0.2) is 0 Å². The average molecular weight is 173 g/mol. The van der Waals surface area contributed by atoms with E-state index in [-0.39, 0.29) is 12.3 Å². The van der Waals surface area contributed by atoms with Gasteiger partial charge in [0.1, 0.15) is 5.41 Å². The van der Waals surface area contributed by atoms with Crippen molar-refractivity contribution in [1.82, 2.24) is 0 Å². The first kappa shape index (κ1) is 10.9. The average Bonchev–Trinajstić information content (AvgIpc) is 1.84. The van der Waals surface area contributed by atoms with E-state index in [0.29, 0.717) is 0 Å². The van der Waals surface area contributed by atoms with E-state index in [9.17, 15) is 9.59 Å². The summed E-state index contributed by atoms with van der Waals surface area (Å²) in [5, 5.41) is 8.75. The molecule has 4 heteroatoms. The van der Waals surface area contributed by atoms with Crippen LogP contribution in [-0.4, -0.2) is 17.0 Å². The van der Waals surface area contributed by atoms with Gasteiger partial charge in [0.15, 0.2) is 0 Å². The molecule has 1 atom stereocenters. The molecule has 4 nitrogen and oxygen atoms in total. The van der Waals surface area contributed by atoms with Crippen LogP contribution >= 0.6 is 0 Å². The van der Waals surface area contributed by atoms with E-state index in [4.69, 9.17) is 10.8 Å². The van der Waals surface area contributed by atoms with Crippen LogP contribution in [0.15, 0.2) is 0 Å². The zero-order valence-electron chi connectivity index (χ0n) is 7.63. The predicted octanol–water partition coefficient (Wildman–Crippen LogP) is 0.609. The molecule has 0 radical (unpaired) electrons. The van der Waals surface area contributed by atoms with Crippen LogP contribution in [0.2, 0.25) is 0 Å². The molecule has 0 aromatic carbocycles. The molecule has 0 fully saturated rings. The fourth-order valence-electron chi connectivity index (χ4n) is 1.11. The van der Waals surface area contributed by atoms with Gasteiger partial charge in [0, 0.05) is 0 Å². The first-order chi connectivity index (χ1) is 5.30. The van der Waals surface area contributed by atoms with Gasteiger partial charge in [-0.05, 0) is 19.3 Å². The van der Waals surface area contributed by atoms with Crippen molar-refractivity contribution in [3.8, 4) is 0 Å². The molecule has 0 bridgehead atoms. The molecule has 0 aromatic heterocycles. The van der Waals surface area contributed by atoms with E-state index in [1.54, 1.807) is 0 Å². The Hall–Kier alpha value is -1.06. The van der Waals surface area contributed by atoms with E-state index >= 15 is 0 Å². The van der Waals surface area contributed by atoms with Crippen molar-refractivity contribution in [2.75, 3.05) is 0 Å². The van der Waals surface area contributed by atoms with Gasteiger partial charge >= 0.3 is 5.97 Å². The van der Waals surface area contributed by atoms with Gasteiger partial charge in [-0.2, -0.15) is 0 Å². The van der Waals surface area contributed by atoms with Gasteiger partial charge in [-0.3, -0.25) is 9.59 Å². The van der Waals surface area contributed by atoms with Crippen LogP contribution in [0, 0.1) is 11.3 Å². The number of hydrogen-bond acceptors (Lipinski definition) is 2. The molecule has 70 valence electrons. The highest BCUT2D eigenvalue weighted by molar-refractivity contribution is 6.00. The van der Waals surface area contributed by atoms with Gasteiger partial charge in [-0.1, -0.05) is 13.8 Å². The van der Waals surface area contributed by atoms with E-state index in [0.717, 1.165) is 0 Å². The molecule has 0 spiro atoms. The van der Waals surface area contributed by atoms with Crippen molar-refractivity contribution in [3.05, 3.63) is 0 Å². The van der Waals surface area contributed by atoms with Crippen LogP contribution < -0.4 is 5.73 Å². The van der Waals surface area contributed by atoms with Crippen molar-refractivity contribution in [3.63, 3.8) is 0 Å². The molecule has 12 heavy (non-hydrogen) atoms. The minimum atomic E-state index is -1.42. The standard InChI is InChI=1S/C8H15NO3/c1-5(2)4-8(3,6(9)10)7(11)12/h5H,4H2,1-3H3,(H2,9,10)(H,11,12). The van der Waals surface area contributed by atoms with Gasteiger partial charge in [0.2, 0.25) is 5.91 Å². The lowest BCUT2D eigenvalue weighted by Crippen LogP contribution is -2.42. The van der Waals surface area contributed by atoms with Crippen LogP contribution in [0.25, 0.3) is 0 Å². The summed E-state index contributed by atoms with van der Waals surface area (Å²) in [4.78, 5) is 21.5. The molecular weight excluding hydrogens is 158 g/mol. The second-order valence-corrected chi connectivity index (χ2v) is 3.60. The molecule has 0 heterocycles. The summed E-state index contributed by atoms with van der Waals surface area (Å²) in [6, 6.07) is 0. The van der Waals surface area contributed by atoms with Crippen LogP contribution in [0.1, 0.15) is 27.2 Å². The Kier molecular flexibility index (Phi) is 3.24. The molecule has 0 aliphatic heterocycles. The van der Waals surface area contributed by atoms with Crippen LogP contribution in [0.3, 0.4) is 0 Å². The summed E-state index contributed by atoms with van der Waals surface area (Å²) >= 11 is 0. The molecule has 1 amide bonds. The zero-order valence-corrected chi connectivity index (χ0v) is 7.63. The number of carbonyl (C=O) groups is 2. The van der Waals surface area contributed by atoms with Crippen molar-refractivity contribution in [2.45, 2.75) is 27.2 Å². The molecule has 3 N–H and O–H groups in total. The third kappa shape index (κ3) is 2.22. The molecule has 0 aromatic rings. The highest BCUT2D eigenvalue weighted by Gasteiger charge is 2.39. The second kappa shape index (κ2) is 3.56. The van der Waals surface area contributed by atoms with Gasteiger partial charge in [-0.15, -0.1) is 0 Å². The number of hydrogen-bond donors (Lipinski definition) is 2. The number of nitrogens with two attached hydrogens (primary N) is 1. The first-order valence-corrected chi connectivity index (χ1v) is 3.84. The largest absolute Gasteiger partial charge is 0.480 e. The quantitative estimate of drug-likeness (QED) is 0.611. The Balaban J connectivity index is 4.63. The monoisotopic (exact) mass is 173 g/mol. The molecular formula is C8H15NO3. The summed E-state index contributed by atoms with van der Waals surface area (Å²) < 4.78 is 0. The van der Waals surface area contributed by atoms with Gasteiger partial charge in [0.25, 0.3) is 0 Å². The Morgan fingerprint density at radius 3 is 2.00 bits per heavy atom. The van der Waals surface area contributed by atoms with Crippen molar-refractivity contribution < 1.29 is 14.7 Å². The van der Waals surface area contributed by atoms with Crippen molar-refractivity contribution >= 4 is 11.9 Å². The SMILES string of the molecule is CC(C)CC(C)(C(N)=O)C(=O)O. The minimum absolute atomic E-state index is 0.138. The third-order valence-corrected chi connectivity index (χ3v) is 1.83. The molecule has 0 rings (SSSR count). The fraction of sp³-hybridized carbons (Fsp3) is 0.750. The summed E-state index contributed by atoms with van der Waals surface area (Å²) in [5.41, 5.74) is 3.58. The normalized spacial score (nSPS) is 15.7. The van der Waals surface area contributed by atoms with Crippen LogP contribution in [0.5, 0.6) is 0 Å². The molecule has 0 aliphatic carbocycles. The Morgan fingerprint density at radius 2 is 1.92 bits per heavy atom. The van der Waals surface area contributed by atoms with Crippen LogP contribution in [-0.2, 0) is 9.59 Å². The maximum atomic E-state index is 10.8. The number of amides is 1. The highest BCUT2D eigenvalue weighted by Crippen LogP contribution is 2.25. The summed E-state index contributed by atoms with van der Waals surface area (Å²) in [6.07, 6.45) is 0.275. The summed E-state index contributed by atoms with van der Waals surface area (Å²) in [7, 11) is 0. The van der Waals surface area contributed by atoms with Gasteiger partial charge < -0.3 is 10.8 Å². The van der Waals surface area contributed by atoms with E-state index in [2.05, 4.69) is 0 Å². The molecule has 0 aliphatic rings. The van der Waals surface area contributed by atoms with Crippen LogP contribution in [0.4, 0.5) is 0 Å². The molecule has 0 saturated heterocycles. The second-order valence-electron chi connectivity index (χ2n) is 3.60. The summed E-state index contributed by atoms with van der Waals surface area (Å²) in [6.45, 7) is 5.06. The third-order valence-electron chi connectivity index (χ3n) is 1.83. The number of aliphatic carboxylic acids is 1. The Bertz CT molecular complexity index is 184. The highest BCUT2D eigenvalue weighted by atomic mass is 16.4. The zero-order chi connectivity index (χ0) is 9.94. The van der Waals surface area contributed by atoms with E-state index < -0.39 is 17.3 Å². The van der Waals surface area contributed by atoms with E-state index in [1.807, 2.05) is 13.8 Å². The lowest BCUT2D eigenvalue weighted by atomic mass is 9.81. The fourth-order valence-corrected chi connectivity index (χ4v) is 1.11. The lowest BCUT2D eigenvalue weighted by Gasteiger charge is -2.22. The Morgan fingerprint density at radius 1 is 1.50 bits per heavy atom. The maximum Gasteiger partial charge on any atom is 0.318 e. The van der Waals surface area contributed by atoms with Crippen molar-refractivity contribution in [1.29, 1.82) is 0 Å². The minimum Gasteiger partial charge on any atom is -0.480 e. The summed E-state index contributed by atoms with van der Waals surface area (Å²) in [5.74, 6) is -1.79. The first-order valence-electron chi connectivity index (χ1n) is 3.84. The molecule has 0 saturated carbocycles. The van der Waals surface area contributed by atoms with Crippen molar-refractivity contribution in [2.24, 2.45) is 17.1 Å².